The summed E-state index contributed by atoms with van der Waals surface area (Å²) >= 11 is 6.27. The fourth-order valence-corrected chi connectivity index (χ4v) is 3.97. The van der Waals surface area contributed by atoms with Gasteiger partial charge < -0.3 is 25.8 Å². The van der Waals surface area contributed by atoms with Gasteiger partial charge in [0.15, 0.2) is 0 Å². The van der Waals surface area contributed by atoms with E-state index < -0.39 is 0 Å². The van der Waals surface area contributed by atoms with E-state index in [1.807, 2.05) is 56.3 Å². The van der Waals surface area contributed by atoms with Gasteiger partial charge in [-0.1, -0.05) is 43.3 Å². The first-order valence-corrected chi connectivity index (χ1v) is 12.2. The molecule has 2 amide bonds. The van der Waals surface area contributed by atoms with Gasteiger partial charge in [0.25, 0.3) is 11.8 Å². The number of carbonyl (C=O) groups is 2. The Morgan fingerprint density at radius 3 is 2.32 bits per heavy atom. The molecular formula is C29H36ClN3O4. The minimum Gasteiger partial charge on any atom is -0.489 e. The third-order valence-electron chi connectivity index (χ3n) is 5.50. The van der Waals surface area contributed by atoms with Gasteiger partial charge >= 0.3 is 0 Å². The molecule has 0 bridgehead atoms. The van der Waals surface area contributed by atoms with Crippen LogP contribution in [0.4, 0.5) is 11.4 Å². The van der Waals surface area contributed by atoms with Crippen LogP contribution in [0.1, 0.15) is 54.0 Å². The van der Waals surface area contributed by atoms with Crippen molar-refractivity contribution in [2.45, 2.75) is 46.3 Å². The predicted molar refractivity (Wildman–Crippen MR) is 151 cm³/mol. The average Bonchev–Trinajstić information content (AvgIpc) is 2.86. The fraction of sp³-hybridized carbons (Fsp3) is 0.310. The minimum absolute atomic E-state index is 0. The van der Waals surface area contributed by atoms with Crippen LogP contribution in [0.2, 0.25) is 5.02 Å². The highest BCUT2D eigenvalue weighted by Crippen LogP contribution is 2.26. The Morgan fingerprint density at radius 2 is 1.70 bits per heavy atom. The molecule has 0 saturated heterocycles. The van der Waals surface area contributed by atoms with Crippen LogP contribution in [0, 0.1) is 0 Å². The van der Waals surface area contributed by atoms with E-state index in [2.05, 4.69) is 16.0 Å². The Balaban J connectivity index is 0.00000481. The highest BCUT2D eigenvalue weighted by Gasteiger charge is 2.16. The number of benzene rings is 3. The summed E-state index contributed by atoms with van der Waals surface area (Å²) in [6.45, 7) is 3.74. The van der Waals surface area contributed by atoms with Crippen LogP contribution in [0.25, 0.3) is 0 Å². The molecule has 0 saturated carbocycles. The van der Waals surface area contributed by atoms with E-state index in [1.54, 1.807) is 31.3 Å². The maximum atomic E-state index is 12.8. The van der Waals surface area contributed by atoms with Crippen LogP contribution in [0.3, 0.4) is 0 Å². The number of hydrogen-bond donors (Lipinski definition) is 4. The molecule has 0 aromatic heterocycles. The summed E-state index contributed by atoms with van der Waals surface area (Å²) in [6.07, 6.45) is 0.888. The third-order valence-corrected chi connectivity index (χ3v) is 5.80. The SMILES string of the molecule is C.CNc1ccccc1C(=O)Nc1ccc(C[C@@H](CCO)NC(=O)c2ccc(OC(C)C)c(Cl)c2)cc1. The van der Waals surface area contributed by atoms with E-state index in [4.69, 9.17) is 16.3 Å². The maximum absolute atomic E-state index is 12.8. The number of nitrogens with one attached hydrogen (secondary N) is 3. The van der Waals surface area contributed by atoms with Crippen molar-refractivity contribution in [2.75, 3.05) is 24.3 Å². The smallest absolute Gasteiger partial charge is 0.257 e. The van der Waals surface area contributed by atoms with E-state index in [0.29, 0.717) is 40.4 Å². The van der Waals surface area contributed by atoms with Gasteiger partial charge in [-0.15, -0.1) is 0 Å². The number of aliphatic hydroxyl groups is 1. The summed E-state index contributed by atoms with van der Waals surface area (Å²) in [5.74, 6) is 0.0388. The van der Waals surface area contributed by atoms with Crippen molar-refractivity contribution in [3.05, 3.63) is 88.4 Å². The number of halogens is 1. The van der Waals surface area contributed by atoms with Gasteiger partial charge in [-0.05, 0) is 74.7 Å². The van der Waals surface area contributed by atoms with Gasteiger partial charge in [-0.2, -0.15) is 0 Å². The first-order valence-electron chi connectivity index (χ1n) is 11.9. The zero-order valence-corrected chi connectivity index (χ0v) is 21.4. The van der Waals surface area contributed by atoms with Crippen molar-refractivity contribution in [1.29, 1.82) is 0 Å². The van der Waals surface area contributed by atoms with E-state index in [9.17, 15) is 14.7 Å². The zero-order valence-electron chi connectivity index (χ0n) is 20.7. The number of hydrogen-bond acceptors (Lipinski definition) is 5. The van der Waals surface area contributed by atoms with Crippen molar-refractivity contribution in [1.82, 2.24) is 5.32 Å². The second-order valence-electron chi connectivity index (χ2n) is 8.65. The average molecular weight is 526 g/mol. The molecule has 0 radical (unpaired) electrons. The van der Waals surface area contributed by atoms with Crippen LogP contribution in [-0.2, 0) is 6.42 Å². The van der Waals surface area contributed by atoms with Crippen LogP contribution in [0.5, 0.6) is 5.75 Å². The highest BCUT2D eigenvalue weighted by molar-refractivity contribution is 6.32. The van der Waals surface area contributed by atoms with Crippen molar-refractivity contribution in [3.63, 3.8) is 0 Å². The molecule has 3 aromatic rings. The van der Waals surface area contributed by atoms with E-state index >= 15 is 0 Å². The third kappa shape index (κ3) is 8.51. The molecule has 7 nitrogen and oxygen atoms in total. The first kappa shape index (κ1) is 29.7. The number of carbonyl (C=O) groups excluding carboxylic acids is 2. The molecule has 3 aromatic carbocycles. The monoisotopic (exact) mass is 525 g/mol. The number of para-hydroxylation sites is 1. The Morgan fingerprint density at radius 1 is 1.00 bits per heavy atom. The van der Waals surface area contributed by atoms with Crippen LogP contribution in [0.15, 0.2) is 66.7 Å². The largest absolute Gasteiger partial charge is 0.489 e. The minimum atomic E-state index is -0.282. The topological polar surface area (TPSA) is 99.7 Å². The lowest BCUT2D eigenvalue weighted by Crippen LogP contribution is -2.37. The van der Waals surface area contributed by atoms with E-state index in [-0.39, 0.29) is 38.0 Å². The predicted octanol–water partition coefficient (Wildman–Crippen LogP) is 5.78. The van der Waals surface area contributed by atoms with Crippen molar-refractivity contribution >= 4 is 34.8 Å². The second kappa shape index (κ2) is 14.3. The number of rotatable bonds is 11. The van der Waals surface area contributed by atoms with Crippen molar-refractivity contribution in [2.24, 2.45) is 0 Å². The lowest BCUT2D eigenvalue weighted by atomic mass is 10.0. The van der Waals surface area contributed by atoms with Gasteiger partial charge in [0.2, 0.25) is 0 Å². The first-order chi connectivity index (χ1) is 17.3. The van der Waals surface area contributed by atoms with Crippen molar-refractivity contribution < 1.29 is 19.4 Å². The Labute approximate surface area is 224 Å². The summed E-state index contributed by atoms with van der Waals surface area (Å²) in [5.41, 5.74) is 3.34. The number of ether oxygens (including phenoxy) is 1. The lowest BCUT2D eigenvalue weighted by molar-refractivity contribution is 0.0929. The lowest BCUT2D eigenvalue weighted by Gasteiger charge is -2.19. The zero-order chi connectivity index (χ0) is 26.1. The normalized spacial score (nSPS) is 11.3. The fourth-order valence-electron chi connectivity index (χ4n) is 3.75. The highest BCUT2D eigenvalue weighted by atomic mass is 35.5. The molecule has 0 unspecified atom stereocenters. The summed E-state index contributed by atoms with van der Waals surface area (Å²) in [6, 6.07) is 19.4. The molecular weight excluding hydrogens is 490 g/mol. The van der Waals surface area contributed by atoms with Gasteiger partial charge in [-0.3, -0.25) is 9.59 Å². The molecule has 0 heterocycles. The molecule has 0 aliphatic carbocycles. The summed E-state index contributed by atoms with van der Waals surface area (Å²) in [7, 11) is 1.77. The van der Waals surface area contributed by atoms with Gasteiger partial charge in [0, 0.05) is 36.6 Å². The van der Waals surface area contributed by atoms with Crippen molar-refractivity contribution in [3.8, 4) is 5.75 Å². The van der Waals surface area contributed by atoms with Gasteiger partial charge in [-0.25, -0.2) is 0 Å². The molecule has 0 aliphatic heterocycles. The van der Waals surface area contributed by atoms with Crippen LogP contribution >= 0.6 is 11.6 Å². The standard InChI is InChI=1S/C28H32ClN3O4.CH4/c1-18(2)36-26-13-10-20(17-24(26)29)27(34)32-22(14-15-33)16-19-8-11-21(12-9-19)31-28(35)23-6-4-5-7-25(23)30-3;/h4-13,17-18,22,30,33H,14-16H2,1-3H3,(H,31,35)(H,32,34);1H4/t22-;/m1./s1. The molecule has 8 heteroatoms. The molecule has 0 aliphatic rings. The summed E-state index contributed by atoms with van der Waals surface area (Å²) in [4.78, 5) is 25.5. The Hall–Kier alpha value is -3.55. The molecule has 0 fully saturated rings. The molecule has 3 rings (SSSR count). The summed E-state index contributed by atoms with van der Waals surface area (Å²) < 4.78 is 5.62. The van der Waals surface area contributed by atoms with Gasteiger partial charge in [0.1, 0.15) is 5.75 Å². The molecule has 1 atom stereocenters. The summed E-state index contributed by atoms with van der Waals surface area (Å²) in [5, 5.41) is 18.8. The quantitative estimate of drug-likeness (QED) is 0.254. The van der Waals surface area contributed by atoms with Crippen LogP contribution < -0.4 is 20.7 Å². The number of amides is 2. The second-order valence-corrected chi connectivity index (χ2v) is 9.05. The molecule has 198 valence electrons. The number of anilines is 2. The molecule has 0 spiro atoms. The molecule has 37 heavy (non-hydrogen) atoms. The van der Waals surface area contributed by atoms with E-state index in [1.165, 1.54) is 0 Å². The Kier molecular flexibility index (Phi) is 11.4. The Bertz CT molecular complexity index is 1180. The van der Waals surface area contributed by atoms with E-state index in [0.717, 1.165) is 11.3 Å². The van der Waals surface area contributed by atoms with Gasteiger partial charge in [0.05, 0.1) is 16.7 Å². The van der Waals surface area contributed by atoms with Crippen LogP contribution in [-0.4, -0.2) is 42.7 Å². The number of aliphatic hydroxyl groups excluding tert-OH is 1. The molecule has 4 N–H and O–H groups in total. The maximum Gasteiger partial charge on any atom is 0.257 e.